The van der Waals surface area contributed by atoms with E-state index in [1.165, 1.54) is 14.1 Å². The Hall–Kier alpha value is -0.940. The van der Waals surface area contributed by atoms with E-state index in [9.17, 15) is 9.59 Å². The maximum atomic E-state index is 11.0. The average molecular weight is 175 g/mol. The van der Waals surface area contributed by atoms with Crippen LogP contribution in [0.3, 0.4) is 0 Å². The zero-order valence-electron chi connectivity index (χ0n) is 7.31. The summed E-state index contributed by atoms with van der Waals surface area (Å²) in [5, 5.41) is 18.0. The van der Waals surface area contributed by atoms with Crippen LogP contribution in [-0.4, -0.2) is 53.1 Å². The molecule has 0 bridgehead atoms. The van der Waals surface area contributed by atoms with Gasteiger partial charge >= 0.3 is 0 Å². The molecule has 1 amide bonds. The molecule has 5 nitrogen and oxygen atoms in total. The van der Waals surface area contributed by atoms with Crippen LogP contribution in [-0.2, 0) is 9.59 Å². The molecule has 0 aliphatic carbocycles. The van der Waals surface area contributed by atoms with Gasteiger partial charge in [-0.2, -0.15) is 0 Å². The number of hydrogen-bond acceptors (Lipinski definition) is 4. The molecule has 0 radical (unpaired) electrons. The molecule has 2 N–H and O–H groups in total. The molecule has 0 heterocycles. The number of carbonyl (C=O) groups is 2. The van der Waals surface area contributed by atoms with Gasteiger partial charge in [0.25, 0.3) is 5.91 Å². The normalized spacial score (nSPS) is 15.1. The standard InChI is InChI=1S/C7H13NO4/c1-4(9)5(10)6(11)7(12)8(2)3/h5-6,10-11H,1-3H3/t5-,6+/m0/s1. The summed E-state index contributed by atoms with van der Waals surface area (Å²) in [6.45, 7) is 1.11. The SMILES string of the molecule is CC(=O)[C@H](O)[C@@H](O)C(=O)N(C)C. The van der Waals surface area contributed by atoms with Gasteiger partial charge in [0.15, 0.2) is 11.9 Å². The molecule has 0 aliphatic rings. The summed E-state index contributed by atoms with van der Waals surface area (Å²) in [5.74, 6) is -1.31. The van der Waals surface area contributed by atoms with Crippen molar-refractivity contribution < 1.29 is 19.8 Å². The van der Waals surface area contributed by atoms with Gasteiger partial charge in [0.1, 0.15) is 6.10 Å². The van der Waals surface area contributed by atoms with Crippen LogP contribution in [0.1, 0.15) is 6.92 Å². The van der Waals surface area contributed by atoms with Crippen molar-refractivity contribution in [1.29, 1.82) is 0 Å². The van der Waals surface area contributed by atoms with Gasteiger partial charge in [0.2, 0.25) is 0 Å². The van der Waals surface area contributed by atoms with Crippen LogP contribution in [0.25, 0.3) is 0 Å². The molecule has 2 atom stereocenters. The number of ketones is 1. The molecule has 0 aromatic heterocycles. The molecule has 5 heteroatoms. The highest BCUT2D eigenvalue weighted by Gasteiger charge is 2.28. The van der Waals surface area contributed by atoms with E-state index in [0.29, 0.717) is 0 Å². The van der Waals surface area contributed by atoms with E-state index in [1.54, 1.807) is 0 Å². The number of likely N-dealkylation sites (N-methyl/N-ethyl adjacent to an activating group) is 1. The van der Waals surface area contributed by atoms with E-state index in [-0.39, 0.29) is 0 Å². The van der Waals surface area contributed by atoms with Crippen molar-refractivity contribution in [3.05, 3.63) is 0 Å². The highest BCUT2D eigenvalue weighted by atomic mass is 16.3. The van der Waals surface area contributed by atoms with Gasteiger partial charge in [0, 0.05) is 14.1 Å². The number of carbonyl (C=O) groups excluding carboxylic acids is 2. The Bertz CT molecular complexity index is 190. The Morgan fingerprint density at radius 2 is 1.58 bits per heavy atom. The minimum absolute atomic E-state index is 0.627. The van der Waals surface area contributed by atoms with Crippen molar-refractivity contribution in [2.45, 2.75) is 19.1 Å². The molecule has 12 heavy (non-hydrogen) atoms. The molecule has 0 rings (SSSR count). The predicted octanol–water partition coefficient (Wildman–Crippen LogP) is -1.61. The number of aliphatic hydroxyl groups is 2. The van der Waals surface area contributed by atoms with Crippen LogP contribution in [0.15, 0.2) is 0 Å². The van der Waals surface area contributed by atoms with Gasteiger partial charge in [-0.3, -0.25) is 9.59 Å². The molecule has 0 saturated carbocycles. The van der Waals surface area contributed by atoms with Crippen LogP contribution >= 0.6 is 0 Å². The van der Waals surface area contributed by atoms with E-state index >= 15 is 0 Å². The van der Waals surface area contributed by atoms with Crippen molar-refractivity contribution in [2.75, 3.05) is 14.1 Å². The monoisotopic (exact) mass is 175 g/mol. The minimum atomic E-state index is -1.66. The smallest absolute Gasteiger partial charge is 0.254 e. The van der Waals surface area contributed by atoms with Crippen molar-refractivity contribution in [2.24, 2.45) is 0 Å². The van der Waals surface area contributed by atoms with Crippen LogP contribution in [0, 0.1) is 0 Å². The molecule has 0 spiro atoms. The van der Waals surface area contributed by atoms with E-state index in [2.05, 4.69) is 0 Å². The number of aliphatic hydroxyl groups excluding tert-OH is 2. The molecule has 0 aromatic carbocycles. The minimum Gasteiger partial charge on any atom is -0.382 e. The van der Waals surface area contributed by atoms with Crippen molar-refractivity contribution in [3.8, 4) is 0 Å². The summed E-state index contributed by atoms with van der Waals surface area (Å²) in [7, 11) is 2.86. The summed E-state index contributed by atoms with van der Waals surface area (Å²) in [6.07, 6.45) is -3.28. The van der Waals surface area contributed by atoms with Crippen molar-refractivity contribution >= 4 is 11.7 Å². The quantitative estimate of drug-likeness (QED) is 0.540. The van der Waals surface area contributed by atoms with Crippen molar-refractivity contribution in [3.63, 3.8) is 0 Å². The average Bonchev–Trinajstić information content (AvgIpc) is 2.00. The van der Waals surface area contributed by atoms with Gasteiger partial charge in [-0.1, -0.05) is 0 Å². The van der Waals surface area contributed by atoms with Gasteiger partial charge in [-0.05, 0) is 6.92 Å². The summed E-state index contributed by atoms with van der Waals surface area (Å²) < 4.78 is 0. The van der Waals surface area contributed by atoms with Gasteiger partial charge in [0.05, 0.1) is 0 Å². The van der Waals surface area contributed by atoms with Crippen LogP contribution < -0.4 is 0 Å². The van der Waals surface area contributed by atoms with Crippen LogP contribution in [0.5, 0.6) is 0 Å². The maximum Gasteiger partial charge on any atom is 0.254 e. The Labute approximate surface area is 70.6 Å². The third-order valence-corrected chi connectivity index (χ3v) is 1.41. The lowest BCUT2D eigenvalue weighted by atomic mass is 10.1. The van der Waals surface area contributed by atoms with Gasteiger partial charge in [-0.25, -0.2) is 0 Å². The Morgan fingerprint density at radius 1 is 1.17 bits per heavy atom. The first-order valence-electron chi connectivity index (χ1n) is 3.45. The highest BCUT2D eigenvalue weighted by molar-refractivity contribution is 5.90. The highest BCUT2D eigenvalue weighted by Crippen LogP contribution is 1.98. The second-order valence-corrected chi connectivity index (χ2v) is 2.73. The Kier molecular flexibility index (Phi) is 3.85. The second kappa shape index (κ2) is 4.18. The van der Waals surface area contributed by atoms with Crippen molar-refractivity contribution in [1.82, 2.24) is 4.90 Å². The lowest BCUT2D eigenvalue weighted by molar-refractivity contribution is -0.149. The molecule has 0 unspecified atom stereocenters. The first-order chi connectivity index (χ1) is 5.37. The number of Topliss-reactive ketones (excluding diaryl/α,β-unsaturated/α-hetero) is 1. The van der Waals surface area contributed by atoms with Gasteiger partial charge < -0.3 is 15.1 Å². The predicted molar refractivity (Wildman–Crippen MR) is 41.4 cm³/mol. The Morgan fingerprint density at radius 3 is 1.83 bits per heavy atom. The molecular formula is C7H13NO4. The summed E-state index contributed by atoms with van der Waals surface area (Å²) in [4.78, 5) is 22.6. The maximum absolute atomic E-state index is 11.0. The van der Waals surface area contributed by atoms with E-state index < -0.39 is 23.9 Å². The van der Waals surface area contributed by atoms with E-state index in [0.717, 1.165) is 11.8 Å². The van der Waals surface area contributed by atoms with Crippen LogP contribution in [0.4, 0.5) is 0 Å². The summed E-state index contributed by atoms with van der Waals surface area (Å²) >= 11 is 0. The number of hydrogen-bond donors (Lipinski definition) is 2. The van der Waals surface area contributed by atoms with E-state index in [4.69, 9.17) is 10.2 Å². The summed E-state index contributed by atoms with van der Waals surface area (Å²) in [5.41, 5.74) is 0. The molecule has 0 aliphatic heterocycles. The molecule has 0 aromatic rings. The molecule has 70 valence electrons. The Balaban J connectivity index is 4.29. The lowest BCUT2D eigenvalue weighted by Crippen LogP contribution is -2.44. The fourth-order valence-corrected chi connectivity index (χ4v) is 0.622. The summed E-state index contributed by atoms with van der Waals surface area (Å²) in [6, 6.07) is 0. The fourth-order valence-electron chi connectivity index (χ4n) is 0.622. The third kappa shape index (κ3) is 2.60. The number of rotatable bonds is 3. The number of amides is 1. The third-order valence-electron chi connectivity index (χ3n) is 1.41. The first kappa shape index (κ1) is 11.1. The first-order valence-corrected chi connectivity index (χ1v) is 3.45. The largest absolute Gasteiger partial charge is 0.382 e. The molecular weight excluding hydrogens is 162 g/mol. The van der Waals surface area contributed by atoms with Crippen LogP contribution in [0.2, 0.25) is 0 Å². The topological polar surface area (TPSA) is 77.8 Å². The second-order valence-electron chi connectivity index (χ2n) is 2.73. The zero-order valence-corrected chi connectivity index (χ0v) is 7.31. The van der Waals surface area contributed by atoms with Gasteiger partial charge in [-0.15, -0.1) is 0 Å². The zero-order chi connectivity index (χ0) is 9.89. The number of nitrogens with zero attached hydrogens (tertiary/aromatic N) is 1. The molecule has 0 fully saturated rings. The fraction of sp³-hybridized carbons (Fsp3) is 0.714. The lowest BCUT2D eigenvalue weighted by Gasteiger charge is -2.18. The molecule has 0 saturated heterocycles. The van der Waals surface area contributed by atoms with E-state index in [1.807, 2.05) is 0 Å².